The van der Waals surface area contributed by atoms with Crippen LogP contribution in [0.25, 0.3) is 0 Å². The lowest BCUT2D eigenvalue weighted by atomic mass is 9.84. The van der Waals surface area contributed by atoms with Crippen molar-refractivity contribution in [1.29, 1.82) is 0 Å². The van der Waals surface area contributed by atoms with Crippen molar-refractivity contribution in [3.63, 3.8) is 0 Å². The third kappa shape index (κ3) is 4.12. The Kier molecular flexibility index (Phi) is 6.06. The highest BCUT2D eigenvalue weighted by Gasteiger charge is 2.35. The summed E-state index contributed by atoms with van der Waals surface area (Å²) in [6.45, 7) is 2.32. The summed E-state index contributed by atoms with van der Waals surface area (Å²) in [5.74, 6) is 4.89. The van der Waals surface area contributed by atoms with Crippen LogP contribution in [-0.4, -0.2) is 35.5 Å². The molecule has 7 heteroatoms. The molecule has 1 aromatic rings. The standard InChI is InChI=1S/C15H21Cl2N3O2/c16-12-4-1-3-11(14(12)17)15(22)6-9-20(10-7-15)8-2-5-13(21)19-18/h1,3-4,22H,2,5-10,18H2,(H,19,21). The number of nitrogens with zero attached hydrogens (tertiary/aromatic N) is 1. The van der Waals surface area contributed by atoms with E-state index in [0.717, 1.165) is 26.1 Å². The molecule has 1 amide bonds. The molecular weight excluding hydrogens is 325 g/mol. The molecule has 0 spiro atoms. The number of aliphatic hydroxyl groups is 1. The normalized spacial score (nSPS) is 18.2. The highest BCUT2D eigenvalue weighted by atomic mass is 35.5. The Morgan fingerprint density at radius 3 is 2.68 bits per heavy atom. The van der Waals surface area contributed by atoms with Gasteiger partial charge in [0.05, 0.1) is 15.6 Å². The Hall–Kier alpha value is -0.850. The van der Waals surface area contributed by atoms with Crippen LogP contribution >= 0.6 is 23.2 Å². The molecule has 4 N–H and O–H groups in total. The van der Waals surface area contributed by atoms with Gasteiger partial charge in [-0.15, -0.1) is 0 Å². The Labute approximate surface area is 140 Å². The number of halogens is 2. The fourth-order valence-electron chi connectivity index (χ4n) is 2.81. The quantitative estimate of drug-likeness (QED) is 0.433. The van der Waals surface area contributed by atoms with E-state index < -0.39 is 5.60 Å². The predicted molar refractivity (Wildman–Crippen MR) is 87.6 cm³/mol. The summed E-state index contributed by atoms with van der Waals surface area (Å²) in [6.07, 6.45) is 2.35. The van der Waals surface area contributed by atoms with Crippen LogP contribution in [0.4, 0.5) is 0 Å². The Balaban J connectivity index is 1.90. The zero-order chi connectivity index (χ0) is 16.2. The van der Waals surface area contributed by atoms with Crippen molar-refractivity contribution in [3.8, 4) is 0 Å². The van der Waals surface area contributed by atoms with Crippen molar-refractivity contribution in [3.05, 3.63) is 33.8 Å². The molecule has 1 aliphatic heterocycles. The number of carbonyl (C=O) groups is 1. The van der Waals surface area contributed by atoms with E-state index in [0.29, 0.717) is 34.9 Å². The van der Waals surface area contributed by atoms with Crippen LogP contribution in [0.2, 0.25) is 10.0 Å². The number of likely N-dealkylation sites (tertiary alicyclic amines) is 1. The third-order valence-corrected chi connectivity index (χ3v) is 4.99. The highest BCUT2D eigenvalue weighted by Crippen LogP contribution is 2.39. The Morgan fingerprint density at radius 1 is 1.36 bits per heavy atom. The minimum Gasteiger partial charge on any atom is -0.385 e. The fraction of sp³-hybridized carbons (Fsp3) is 0.533. The fourth-order valence-corrected chi connectivity index (χ4v) is 3.29. The maximum atomic E-state index is 11.1. The van der Waals surface area contributed by atoms with Crippen molar-refractivity contribution < 1.29 is 9.90 Å². The molecular formula is C15H21Cl2N3O2. The zero-order valence-corrected chi connectivity index (χ0v) is 13.8. The molecule has 0 radical (unpaired) electrons. The number of hydrazine groups is 1. The van der Waals surface area contributed by atoms with Crippen LogP contribution in [0.1, 0.15) is 31.2 Å². The van der Waals surface area contributed by atoms with Crippen LogP contribution < -0.4 is 11.3 Å². The molecule has 1 heterocycles. The summed E-state index contributed by atoms with van der Waals surface area (Å²) in [5, 5.41) is 11.8. The first kappa shape index (κ1) is 17.5. The van der Waals surface area contributed by atoms with Gasteiger partial charge in [0.25, 0.3) is 0 Å². The summed E-state index contributed by atoms with van der Waals surface area (Å²) >= 11 is 12.3. The second-order valence-electron chi connectivity index (χ2n) is 5.65. The molecule has 0 aliphatic carbocycles. The van der Waals surface area contributed by atoms with Crippen LogP contribution in [0.5, 0.6) is 0 Å². The van der Waals surface area contributed by atoms with Gasteiger partial charge in [-0.05, 0) is 31.9 Å². The molecule has 122 valence electrons. The van der Waals surface area contributed by atoms with Gasteiger partial charge < -0.3 is 10.0 Å². The molecule has 2 rings (SSSR count). The van der Waals surface area contributed by atoms with E-state index >= 15 is 0 Å². The smallest absolute Gasteiger partial charge is 0.233 e. The van der Waals surface area contributed by atoms with Crippen LogP contribution in [0, 0.1) is 0 Å². The number of hydrogen-bond donors (Lipinski definition) is 3. The van der Waals surface area contributed by atoms with Crippen LogP contribution in [0.3, 0.4) is 0 Å². The number of nitrogens with one attached hydrogen (secondary N) is 1. The second-order valence-corrected chi connectivity index (χ2v) is 6.43. The summed E-state index contributed by atoms with van der Waals surface area (Å²) in [6, 6.07) is 5.35. The first-order valence-electron chi connectivity index (χ1n) is 7.35. The maximum Gasteiger partial charge on any atom is 0.233 e. The highest BCUT2D eigenvalue weighted by molar-refractivity contribution is 6.42. The lowest BCUT2D eigenvalue weighted by molar-refractivity contribution is -0.121. The van der Waals surface area contributed by atoms with Crippen LogP contribution in [-0.2, 0) is 10.4 Å². The molecule has 0 unspecified atom stereocenters. The number of hydrogen-bond acceptors (Lipinski definition) is 4. The van der Waals surface area contributed by atoms with Gasteiger partial charge in [0.15, 0.2) is 0 Å². The van der Waals surface area contributed by atoms with Crippen molar-refractivity contribution in [2.45, 2.75) is 31.3 Å². The third-order valence-electron chi connectivity index (χ3n) is 4.18. The molecule has 1 saturated heterocycles. The molecule has 0 saturated carbocycles. The first-order valence-corrected chi connectivity index (χ1v) is 8.10. The van der Waals surface area contributed by atoms with E-state index in [1.807, 2.05) is 6.07 Å². The minimum atomic E-state index is -0.937. The van der Waals surface area contributed by atoms with E-state index in [2.05, 4.69) is 10.3 Å². The number of benzene rings is 1. The van der Waals surface area contributed by atoms with Gasteiger partial charge >= 0.3 is 0 Å². The molecule has 0 atom stereocenters. The molecule has 0 aromatic heterocycles. The van der Waals surface area contributed by atoms with Gasteiger partial charge in [-0.1, -0.05) is 35.3 Å². The predicted octanol–water partition coefficient (Wildman–Crippen LogP) is 2.05. The maximum absolute atomic E-state index is 11.1. The SMILES string of the molecule is NNC(=O)CCCN1CCC(O)(c2cccc(Cl)c2Cl)CC1. The van der Waals surface area contributed by atoms with Gasteiger partial charge in [-0.25, -0.2) is 5.84 Å². The number of carbonyl (C=O) groups excluding carboxylic acids is 1. The summed E-state index contributed by atoms with van der Waals surface area (Å²) < 4.78 is 0. The van der Waals surface area contributed by atoms with Gasteiger partial charge in [0.2, 0.25) is 5.91 Å². The van der Waals surface area contributed by atoms with Gasteiger partial charge in [-0.3, -0.25) is 10.2 Å². The zero-order valence-electron chi connectivity index (χ0n) is 12.3. The molecule has 22 heavy (non-hydrogen) atoms. The molecule has 5 nitrogen and oxygen atoms in total. The van der Waals surface area contributed by atoms with E-state index in [1.54, 1.807) is 12.1 Å². The number of piperidine rings is 1. The van der Waals surface area contributed by atoms with Crippen molar-refractivity contribution >= 4 is 29.1 Å². The summed E-state index contributed by atoms with van der Waals surface area (Å²) in [4.78, 5) is 13.3. The van der Waals surface area contributed by atoms with Crippen molar-refractivity contribution in [2.24, 2.45) is 5.84 Å². The average molecular weight is 346 g/mol. The largest absolute Gasteiger partial charge is 0.385 e. The molecule has 1 aromatic carbocycles. The summed E-state index contributed by atoms with van der Waals surface area (Å²) in [7, 11) is 0. The molecule has 1 aliphatic rings. The van der Waals surface area contributed by atoms with Crippen molar-refractivity contribution in [2.75, 3.05) is 19.6 Å². The topological polar surface area (TPSA) is 78.6 Å². The molecule has 1 fully saturated rings. The van der Waals surface area contributed by atoms with Crippen molar-refractivity contribution in [1.82, 2.24) is 10.3 Å². The van der Waals surface area contributed by atoms with E-state index in [9.17, 15) is 9.90 Å². The Bertz CT molecular complexity index is 532. The van der Waals surface area contributed by atoms with E-state index in [1.165, 1.54) is 0 Å². The van der Waals surface area contributed by atoms with Gasteiger partial charge in [0.1, 0.15) is 0 Å². The number of nitrogens with two attached hydrogens (primary N) is 1. The van der Waals surface area contributed by atoms with E-state index in [-0.39, 0.29) is 5.91 Å². The van der Waals surface area contributed by atoms with E-state index in [4.69, 9.17) is 29.0 Å². The average Bonchev–Trinajstić information content (AvgIpc) is 2.51. The number of amides is 1. The monoisotopic (exact) mass is 345 g/mol. The number of rotatable bonds is 5. The lowest BCUT2D eigenvalue weighted by Gasteiger charge is -2.39. The second kappa shape index (κ2) is 7.62. The Morgan fingerprint density at radius 2 is 2.05 bits per heavy atom. The van der Waals surface area contributed by atoms with Gasteiger partial charge in [-0.2, -0.15) is 0 Å². The summed E-state index contributed by atoms with van der Waals surface area (Å²) in [5.41, 5.74) is 1.88. The molecule has 0 bridgehead atoms. The lowest BCUT2D eigenvalue weighted by Crippen LogP contribution is -2.43. The first-order chi connectivity index (χ1) is 10.5. The van der Waals surface area contributed by atoms with Crippen LogP contribution in [0.15, 0.2) is 18.2 Å². The minimum absolute atomic E-state index is 0.153. The van der Waals surface area contributed by atoms with Gasteiger partial charge in [0, 0.05) is 25.1 Å².